The number of thioether (sulfide) groups is 1. The van der Waals surface area contributed by atoms with Gasteiger partial charge in [0.1, 0.15) is 36.3 Å². The smallest absolute Gasteiger partial charge is 0.305 e. The predicted octanol–water partition coefficient (Wildman–Crippen LogP) is -1.30. The van der Waals surface area contributed by atoms with Crippen LogP contribution in [0, 0.1) is 5.92 Å². The molecule has 2 aromatic carbocycles. The molecule has 350 valence electrons. The molecule has 0 bridgehead atoms. The second kappa shape index (κ2) is 24.7. The Kier molecular flexibility index (Phi) is 20.2. The molecule has 3 rings (SSSR count). The van der Waals surface area contributed by atoms with E-state index in [1.165, 1.54) is 35.7 Å². The molecule has 1 fully saturated rings. The van der Waals surface area contributed by atoms with Gasteiger partial charge in [0.25, 0.3) is 0 Å². The fraction of sp³-hybridized carbons (Fsp3) is 0.488. The summed E-state index contributed by atoms with van der Waals surface area (Å²) in [5, 5.41) is 21.4. The van der Waals surface area contributed by atoms with E-state index >= 15 is 0 Å². The zero-order valence-corrected chi connectivity index (χ0v) is 37.6. The minimum Gasteiger partial charge on any atom is -0.481 e. The molecule has 0 saturated carbocycles. The average molecular weight is 932 g/mol. The second-order valence-corrected chi connectivity index (χ2v) is 18.3. The Morgan fingerprint density at radius 3 is 1.89 bits per heavy atom. The van der Waals surface area contributed by atoms with Crippen molar-refractivity contribution in [3.8, 4) is 11.1 Å². The van der Waals surface area contributed by atoms with E-state index in [2.05, 4.69) is 31.3 Å². The molecule has 64 heavy (non-hydrogen) atoms. The number of hydrogen-bond donors (Lipinski definition) is 9. The maximum atomic E-state index is 13.7. The fourth-order valence-electron chi connectivity index (χ4n) is 6.68. The lowest BCUT2D eigenvalue weighted by atomic mass is 10.0. The fourth-order valence-corrected chi connectivity index (χ4v) is 8.14. The monoisotopic (exact) mass is 931 g/mol. The number of carbonyl (C=O) groups is 9. The van der Waals surface area contributed by atoms with Crippen LogP contribution in [-0.2, 0) is 53.2 Å². The van der Waals surface area contributed by atoms with Gasteiger partial charge in [-0.2, -0.15) is 11.8 Å². The number of amides is 8. The highest BCUT2D eigenvalue weighted by atomic mass is 32.2. The Morgan fingerprint density at radius 2 is 1.31 bits per heavy atom. The molecule has 8 amide bonds. The van der Waals surface area contributed by atoms with Crippen LogP contribution in [0.15, 0.2) is 59.5 Å². The molecule has 21 nitrogen and oxygen atoms in total. The number of nitrogens with zero attached hydrogens (tertiary/aromatic N) is 1. The number of rotatable bonds is 25. The molecule has 23 heteroatoms. The van der Waals surface area contributed by atoms with E-state index in [9.17, 15) is 56.7 Å². The van der Waals surface area contributed by atoms with Crippen molar-refractivity contribution in [3.63, 3.8) is 0 Å². The number of carboxylic acids is 1. The van der Waals surface area contributed by atoms with Crippen LogP contribution in [0.5, 0.6) is 0 Å². The van der Waals surface area contributed by atoms with Gasteiger partial charge in [0.05, 0.1) is 24.3 Å². The van der Waals surface area contributed by atoms with Gasteiger partial charge >= 0.3 is 5.97 Å². The van der Waals surface area contributed by atoms with E-state index in [-0.39, 0.29) is 30.2 Å². The Morgan fingerprint density at radius 1 is 0.750 bits per heavy atom. The molecule has 2 aromatic rings. The predicted molar refractivity (Wildman–Crippen MR) is 235 cm³/mol. The third kappa shape index (κ3) is 16.2. The first-order chi connectivity index (χ1) is 30.1. The van der Waals surface area contributed by atoms with Crippen LogP contribution in [-0.4, -0.2) is 133 Å². The molecule has 11 N–H and O–H groups in total. The van der Waals surface area contributed by atoms with Gasteiger partial charge < -0.3 is 48.1 Å². The largest absolute Gasteiger partial charge is 0.481 e. The van der Waals surface area contributed by atoms with E-state index in [1.54, 1.807) is 26.0 Å². The van der Waals surface area contributed by atoms with Gasteiger partial charge in [-0.05, 0) is 73.8 Å². The molecule has 0 spiro atoms. The summed E-state index contributed by atoms with van der Waals surface area (Å²) >= 11 is 1.43. The Bertz CT molecular complexity index is 2120. The summed E-state index contributed by atoms with van der Waals surface area (Å²) in [6.07, 6.45) is 1.22. The summed E-state index contributed by atoms with van der Waals surface area (Å²) in [5.41, 5.74) is 12.4. The highest BCUT2D eigenvalue weighted by molar-refractivity contribution is 7.98. The standard InChI is InChI=1S/C41H57N9O12S2/c1-23(2)19-29(39(58)47-28(16-18-63-4)41(60)50-17-8-11-32(50)36(43)55)48-37(56)24(3)45-38(57)31(21-35(53)54)49-40(59)30(20-33(42)51)46-34(52)22-44-64(61,62)27-14-12-26(13-15-27)25-9-6-5-7-10-25/h5-7,9-10,12-15,23-24,28-32,44H,8,11,16-22H2,1-4H3,(H2,42,51)(H2,43,55)(H,45,57)(H,46,52)(H,47,58)(H,48,56)(H,49,59)(H,53,54)/t24-,28-,29-,30-,31-,32-/m0/s1. The van der Waals surface area contributed by atoms with Crippen LogP contribution >= 0.6 is 11.8 Å². The maximum absolute atomic E-state index is 13.7. The first-order valence-electron chi connectivity index (χ1n) is 20.4. The second-order valence-electron chi connectivity index (χ2n) is 15.5. The molecule has 0 aromatic heterocycles. The third-order valence-electron chi connectivity index (χ3n) is 9.94. The van der Waals surface area contributed by atoms with Gasteiger partial charge in [-0.25, -0.2) is 13.1 Å². The van der Waals surface area contributed by atoms with Gasteiger partial charge in [-0.1, -0.05) is 56.3 Å². The van der Waals surface area contributed by atoms with Gasteiger partial charge in [-0.3, -0.25) is 43.2 Å². The van der Waals surface area contributed by atoms with Crippen LogP contribution in [0.3, 0.4) is 0 Å². The SMILES string of the molecule is CSCC[C@H](NC(=O)[C@H](CC(C)C)NC(=O)[C@H](C)NC(=O)[C@H](CC(=O)O)NC(=O)[C@H](CC(N)=O)NC(=O)CNS(=O)(=O)c1ccc(-c2ccccc2)cc1)C(=O)N1CCC[C@H]1C(N)=O. The summed E-state index contributed by atoms with van der Waals surface area (Å²) < 4.78 is 28.0. The molecule has 0 unspecified atom stereocenters. The van der Waals surface area contributed by atoms with Gasteiger partial charge in [0.2, 0.25) is 57.3 Å². The first kappa shape index (κ1) is 52.3. The highest BCUT2D eigenvalue weighted by Gasteiger charge is 2.38. The number of carbonyl (C=O) groups excluding carboxylic acids is 8. The van der Waals surface area contributed by atoms with Gasteiger partial charge in [0, 0.05) is 6.54 Å². The van der Waals surface area contributed by atoms with Crippen molar-refractivity contribution in [2.45, 2.75) is 100 Å². The molecule has 1 aliphatic heterocycles. The molecule has 0 radical (unpaired) electrons. The molecule has 1 saturated heterocycles. The minimum absolute atomic E-state index is 0.100. The normalized spacial score (nSPS) is 16.0. The summed E-state index contributed by atoms with van der Waals surface area (Å²) in [5.74, 6) is -8.56. The third-order valence-corrected chi connectivity index (χ3v) is 12.0. The number of likely N-dealkylation sites (tertiary alicyclic amines) is 1. The molecule has 6 atom stereocenters. The van der Waals surface area contributed by atoms with Crippen molar-refractivity contribution < 1.29 is 56.7 Å². The molecule has 1 heterocycles. The number of nitrogens with two attached hydrogens (primary N) is 2. The Hall–Kier alpha value is -6.07. The number of carboxylic acid groups (broad SMARTS) is 1. The van der Waals surface area contributed by atoms with E-state index in [0.717, 1.165) is 11.1 Å². The zero-order valence-electron chi connectivity index (χ0n) is 36.0. The van der Waals surface area contributed by atoms with Crippen LogP contribution in [0.2, 0.25) is 0 Å². The molecule has 0 aliphatic carbocycles. The lowest BCUT2D eigenvalue weighted by Gasteiger charge is -2.29. The van der Waals surface area contributed by atoms with Crippen molar-refractivity contribution in [1.29, 1.82) is 0 Å². The lowest BCUT2D eigenvalue weighted by Crippen LogP contribution is -2.59. The number of benzene rings is 2. The lowest BCUT2D eigenvalue weighted by molar-refractivity contribution is -0.142. The highest BCUT2D eigenvalue weighted by Crippen LogP contribution is 2.22. The molecule has 1 aliphatic rings. The van der Waals surface area contributed by atoms with Crippen molar-refractivity contribution in [3.05, 3.63) is 54.6 Å². The summed E-state index contributed by atoms with van der Waals surface area (Å²) in [6, 6.07) is 6.79. The Balaban J connectivity index is 1.67. The van der Waals surface area contributed by atoms with E-state index in [4.69, 9.17) is 11.5 Å². The van der Waals surface area contributed by atoms with Crippen molar-refractivity contribution >= 4 is 75.0 Å². The van der Waals surface area contributed by atoms with Crippen LogP contribution in [0.4, 0.5) is 0 Å². The zero-order chi connectivity index (χ0) is 47.7. The van der Waals surface area contributed by atoms with Crippen molar-refractivity contribution in [2.75, 3.05) is 25.1 Å². The van der Waals surface area contributed by atoms with Gasteiger partial charge in [-0.15, -0.1) is 0 Å². The Labute approximate surface area is 375 Å². The summed E-state index contributed by atoms with van der Waals surface area (Å²) in [4.78, 5) is 117. The topological polar surface area (TPSA) is 335 Å². The van der Waals surface area contributed by atoms with Crippen LogP contribution in [0.25, 0.3) is 11.1 Å². The number of hydrogen-bond acceptors (Lipinski definition) is 12. The number of primary amides is 2. The quantitative estimate of drug-likeness (QED) is 0.0560. The van der Waals surface area contributed by atoms with Gasteiger partial charge in [0.15, 0.2) is 0 Å². The maximum Gasteiger partial charge on any atom is 0.305 e. The molecular weight excluding hydrogens is 875 g/mol. The van der Waals surface area contributed by atoms with E-state index < -0.39 is 119 Å². The van der Waals surface area contributed by atoms with Crippen LogP contribution < -0.4 is 42.8 Å². The first-order valence-corrected chi connectivity index (χ1v) is 23.3. The minimum atomic E-state index is -4.24. The number of nitrogens with one attached hydrogen (secondary N) is 6. The van der Waals surface area contributed by atoms with Crippen molar-refractivity contribution in [1.82, 2.24) is 36.2 Å². The van der Waals surface area contributed by atoms with E-state index in [1.807, 2.05) is 36.6 Å². The number of sulfonamides is 1. The molecular formula is C41H57N9O12S2. The summed E-state index contributed by atoms with van der Waals surface area (Å²) in [6.45, 7) is 4.19. The average Bonchev–Trinajstić information content (AvgIpc) is 3.74. The van der Waals surface area contributed by atoms with Crippen LogP contribution in [0.1, 0.15) is 59.3 Å². The number of aliphatic carboxylic acids is 1. The summed E-state index contributed by atoms with van der Waals surface area (Å²) in [7, 11) is -4.24. The van der Waals surface area contributed by atoms with Crippen molar-refractivity contribution in [2.24, 2.45) is 17.4 Å². The van der Waals surface area contributed by atoms with E-state index in [0.29, 0.717) is 18.6 Å².